The van der Waals surface area contributed by atoms with Gasteiger partial charge in [0.2, 0.25) is 0 Å². The first-order valence-corrected chi connectivity index (χ1v) is 6.74. The van der Waals surface area contributed by atoms with Crippen molar-refractivity contribution in [1.82, 2.24) is 0 Å². The number of hydrogen-bond acceptors (Lipinski definition) is 3. The van der Waals surface area contributed by atoms with Crippen LogP contribution in [0.25, 0.3) is 0 Å². The van der Waals surface area contributed by atoms with Crippen LogP contribution in [0, 0.1) is 12.7 Å². The van der Waals surface area contributed by atoms with Crippen LogP contribution in [-0.2, 0) is 6.42 Å². The van der Waals surface area contributed by atoms with Crippen molar-refractivity contribution in [2.45, 2.75) is 13.3 Å². The number of amidine groups is 1. The lowest BCUT2D eigenvalue weighted by atomic mass is 10.1. The van der Waals surface area contributed by atoms with Gasteiger partial charge in [0.25, 0.3) is 0 Å². The SMILES string of the molecule is Cc1ccc(N2CCc3ccc(F)cc32)c(/C(N)=N/O)c1. The van der Waals surface area contributed by atoms with Crippen LogP contribution in [0.4, 0.5) is 15.8 Å². The summed E-state index contributed by atoms with van der Waals surface area (Å²) in [5.74, 6) is -0.211. The Hall–Kier alpha value is -2.56. The Morgan fingerprint density at radius 1 is 1.24 bits per heavy atom. The van der Waals surface area contributed by atoms with Crippen molar-refractivity contribution in [3.63, 3.8) is 0 Å². The molecule has 21 heavy (non-hydrogen) atoms. The third-order valence-corrected chi connectivity index (χ3v) is 3.77. The molecule has 0 spiro atoms. The molecule has 108 valence electrons. The number of aryl methyl sites for hydroxylation is 1. The van der Waals surface area contributed by atoms with E-state index in [1.54, 1.807) is 0 Å². The highest BCUT2D eigenvalue weighted by Crippen LogP contribution is 2.36. The summed E-state index contributed by atoms with van der Waals surface area (Å²) >= 11 is 0. The maximum atomic E-state index is 13.5. The number of anilines is 2. The molecule has 4 nitrogen and oxygen atoms in total. The summed E-state index contributed by atoms with van der Waals surface area (Å²) in [6.07, 6.45) is 0.846. The molecule has 0 saturated heterocycles. The molecular formula is C16H16FN3O. The summed E-state index contributed by atoms with van der Waals surface area (Å²) in [5.41, 5.74) is 10.2. The lowest BCUT2D eigenvalue weighted by molar-refractivity contribution is 0.318. The summed E-state index contributed by atoms with van der Waals surface area (Å²) in [5, 5.41) is 12.1. The van der Waals surface area contributed by atoms with Crippen molar-refractivity contribution in [3.05, 3.63) is 58.9 Å². The van der Waals surface area contributed by atoms with Crippen LogP contribution >= 0.6 is 0 Å². The average Bonchev–Trinajstić information content (AvgIpc) is 2.89. The van der Waals surface area contributed by atoms with Gasteiger partial charge in [-0.15, -0.1) is 0 Å². The first-order chi connectivity index (χ1) is 10.1. The van der Waals surface area contributed by atoms with Crippen LogP contribution < -0.4 is 10.6 Å². The summed E-state index contributed by atoms with van der Waals surface area (Å²) in [6.45, 7) is 2.68. The number of fused-ring (bicyclic) bond motifs is 1. The summed E-state index contributed by atoms with van der Waals surface area (Å²) < 4.78 is 13.5. The Bertz CT molecular complexity index is 727. The molecule has 0 bridgehead atoms. The minimum Gasteiger partial charge on any atom is -0.409 e. The molecule has 0 atom stereocenters. The first kappa shape index (κ1) is 13.4. The molecule has 0 unspecified atom stereocenters. The minimum absolute atomic E-state index is 0.0542. The van der Waals surface area contributed by atoms with Crippen molar-refractivity contribution in [2.75, 3.05) is 11.4 Å². The van der Waals surface area contributed by atoms with E-state index in [0.717, 1.165) is 35.5 Å². The molecule has 5 heteroatoms. The Kier molecular flexibility index (Phi) is 3.25. The van der Waals surface area contributed by atoms with Crippen molar-refractivity contribution in [1.29, 1.82) is 0 Å². The van der Waals surface area contributed by atoms with E-state index >= 15 is 0 Å². The molecule has 3 rings (SSSR count). The average molecular weight is 285 g/mol. The molecule has 0 radical (unpaired) electrons. The van der Waals surface area contributed by atoms with Gasteiger partial charge in [0.1, 0.15) is 5.82 Å². The fraction of sp³-hybridized carbons (Fsp3) is 0.188. The standard InChI is InChI=1S/C16H16FN3O/c1-10-2-5-14(13(8-10)16(18)19-21)20-7-6-11-3-4-12(17)9-15(11)20/h2-5,8-9,21H,6-7H2,1H3,(H2,18,19). The highest BCUT2D eigenvalue weighted by atomic mass is 19.1. The molecule has 0 aromatic heterocycles. The van der Waals surface area contributed by atoms with E-state index in [4.69, 9.17) is 10.9 Å². The van der Waals surface area contributed by atoms with Gasteiger partial charge in [0.05, 0.1) is 5.69 Å². The van der Waals surface area contributed by atoms with Crippen LogP contribution in [0.1, 0.15) is 16.7 Å². The van der Waals surface area contributed by atoms with E-state index in [9.17, 15) is 4.39 Å². The number of benzene rings is 2. The van der Waals surface area contributed by atoms with Gasteiger partial charge in [-0.05, 0) is 43.2 Å². The number of halogens is 1. The van der Waals surface area contributed by atoms with Crippen molar-refractivity contribution < 1.29 is 9.60 Å². The fourth-order valence-electron chi connectivity index (χ4n) is 2.75. The molecule has 1 aliphatic heterocycles. The quantitative estimate of drug-likeness (QED) is 0.386. The Morgan fingerprint density at radius 2 is 2.05 bits per heavy atom. The summed E-state index contributed by atoms with van der Waals surface area (Å²) in [7, 11) is 0. The van der Waals surface area contributed by atoms with Gasteiger partial charge in [-0.2, -0.15) is 0 Å². The number of nitrogens with zero attached hydrogens (tertiary/aromatic N) is 2. The maximum Gasteiger partial charge on any atom is 0.172 e. The van der Waals surface area contributed by atoms with Crippen LogP contribution in [0.5, 0.6) is 0 Å². The van der Waals surface area contributed by atoms with Crippen LogP contribution in [0.2, 0.25) is 0 Å². The van der Waals surface area contributed by atoms with Gasteiger partial charge in [-0.3, -0.25) is 0 Å². The van der Waals surface area contributed by atoms with Crippen molar-refractivity contribution in [2.24, 2.45) is 10.9 Å². The van der Waals surface area contributed by atoms with E-state index in [1.165, 1.54) is 12.1 Å². The smallest absolute Gasteiger partial charge is 0.172 e. The lowest BCUT2D eigenvalue weighted by Gasteiger charge is -2.23. The van der Waals surface area contributed by atoms with Gasteiger partial charge in [0.15, 0.2) is 5.84 Å². The number of oxime groups is 1. The summed E-state index contributed by atoms with van der Waals surface area (Å²) in [6, 6.07) is 10.5. The van der Waals surface area contributed by atoms with Gasteiger partial charge in [-0.25, -0.2) is 4.39 Å². The predicted octanol–water partition coefficient (Wildman–Crippen LogP) is 2.92. The number of hydrogen-bond donors (Lipinski definition) is 2. The van der Waals surface area contributed by atoms with Gasteiger partial charge >= 0.3 is 0 Å². The minimum atomic E-state index is -0.266. The maximum absolute atomic E-state index is 13.5. The molecule has 0 fully saturated rings. The number of nitrogens with two attached hydrogens (primary N) is 1. The fourth-order valence-corrected chi connectivity index (χ4v) is 2.75. The highest BCUT2D eigenvalue weighted by molar-refractivity contribution is 6.03. The van der Waals surface area contributed by atoms with Crippen molar-refractivity contribution >= 4 is 17.2 Å². The third kappa shape index (κ3) is 2.31. The van der Waals surface area contributed by atoms with E-state index in [1.807, 2.05) is 36.1 Å². The van der Waals surface area contributed by atoms with E-state index in [-0.39, 0.29) is 11.7 Å². The van der Waals surface area contributed by atoms with E-state index in [2.05, 4.69) is 5.16 Å². The normalized spacial score (nSPS) is 14.4. The summed E-state index contributed by atoms with van der Waals surface area (Å²) in [4.78, 5) is 2.01. The van der Waals surface area contributed by atoms with Crippen molar-refractivity contribution in [3.8, 4) is 0 Å². The second kappa shape index (κ2) is 5.09. The molecule has 0 saturated carbocycles. The Morgan fingerprint density at radius 3 is 2.81 bits per heavy atom. The second-order valence-electron chi connectivity index (χ2n) is 5.18. The predicted molar refractivity (Wildman–Crippen MR) is 80.8 cm³/mol. The first-order valence-electron chi connectivity index (χ1n) is 6.74. The molecule has 0 aliphatic carbocycles. The monoisotopic (exact) mass is 285 g/mol. The van der Waals surface area contributed by atoms with Crippen LogP contribution in [0.15, 0.2) is 41.6 Å². The molecule has 2 aromatic carbocycles. The van der Waals surface area contributed by atoms with E-state index in [0.29, 0.717) is 5.56 Å². The van der Waals surface area contributed by atoms with Crippen LogP contribution in [-0.4, -0.2) is 17.6 Å². The molecular weight excluding hydrogens is 269 g/mol. The third-order valence-electron chi connectivity index (χ3n) is 3.77. The number of rotatable bonds is 2. The van der Waals surface area contributed by atoms with Gasteiger partial charge in [-0.1, -0.05) is 22.9 Å². The lowest BCUT2D eigenvalue weighted by Crippen LogP contribution is -2.21. The molecule has 1 aliphatic rings. The zero-order valence-electron chi connectivity index (χ0n) is 11.7. The zero-order chi connectivity index (χ0) is 15.0. The van der Waals surface area contributed by atoms with Gasteiger partial charge < -0.3 is 15.8 Å². The Balaban J connectivity index is 2.13. The topological polar surface area (TPSA) is 61.8 Å². The highest BCUT2D eigenvalue weighted by Gasteiger charge is 2.23. The molecule has 0 amide bonds. The Labute approximate surface area is 122 Å². The molecule has 3 N–H and O–H groups in total. The van der Waals surface area contributed by atoms with E-state index < -0.39 is 0 Å². The largest absolute Gasteiger partial charge is 0.409 e. The van der Waals surface area contributed by atoms with Crippen LogP contribution in [0.3, 0.4) is 0 Å². The zero-order valence-corrected chi connectivity index (χ0v) is 11.7. The molecule has 1 heterocycles. The van der Waals surface area contributed by atoms with Gasteiger partial charge in [0, 0.05) is 17.8 Å². The second-order valence-corrected chi connectivity index (χ2v) is 5.18. The molecule has 2 aromatic rings.